The summed E-state index contributed by atoms with van der Waals surface area (Å²) in [6.45, 7) is 20.2. The molecule has 3 unspecified atom stereocenters. The second kappa shape index (κ2) is 29.6. The molecule has 5 aliphatic carbocycles. The Kier molecular flexibility index (Phi) is 21.3. The predicted octanol–water partition coefficient (Wildman–Crippen LogP) is 7.31. The molecule has 3 aromatic heterocycles. The van der Waals surface area contributed by atoms with Gasteiger partial charge in [-0.15, -0.1) is 0 Å². The molecule has 106 heavy (non-hydrogen) atoms. The van der Waals surface area contributed by atoms with Crippen LogP contribution in [0.2, 0.25) is 0 Å². The number of ether oxygens (including phenoxy) is 7. The number of amides is 3. The van der Waals surface area contributed by atoms with Crippen LogP contribution in [0.25, 0.3) is 32.7 Å². The molecular weight excluding hydrogens is 1360 g/mol. The summed E-state index contributed by atoms with van der Waals surface area (Å²) in [6.07, 6.45) is -8.49. The molecule has 572 valence electrons. The Labute approximate surface area is 616 Å². The quantitative estimate of drug-likeness (QED) is 0.0180. The van der Waals surface area contributed by atoms with Gasteiger partial charge in [-0.05, 0) is 158 Å². The fourth-order valence-electron chi connectivity index (χ4n) is 20.1. The van der Waals surface area contributed by atoms with E-state index < -0.39 is 148 Å². The lowest BCUT2D eigenvalue weighted by molar-refractivity contribution is -0.369. The van der Waals surface area contributed by atoms with Crippen LogP contribution in [-0.2, 0) is 86.0 Å². The summed E-state index contributed by atoms with van der Waals surface area (Å²) >= 11 is 0. The number of esters is 3. The van der Waals surface area contributed by atoms with Crippen molar-refractivity contribution in [3.05, 3.63) is 120 Å². The maximum absolute atomic E-state index is 15.8. The highest BCUT2D eigenvalue weighted by Gasteiger charge is 2.71. The number of allylic oxidation sites excluding steroid dienone is 2. The Morgan fingerprint density at radius 2 is 1.00 bits per heavy atom. The number of aliphatic hydroxyl groups excluding tert-OH is 5. The van der Waals surface area contributed by atoms with E-state index in [1.54, 1.807) is 33.2 Å². The van der Waals surface area contributed by atoms with Crippen LogP contribution in [0.1, 0.15) is 144 Å². The van der Waals surface area contributed by atoms with Crippen LogP contribution in [0, 0.1) is 50.2 Å². The topological polar surface area (TPSA) is 369 Å². The van der Waals surface area contributed by atoms with Gasteiger partial charge in [-0.1, -0.05) is 109 Å². The monoisotopic (exact) mass is 1460 g/mol. The normalized spacial score (nSPS) is 34.9. The number of fused-ring (bicyclic) bond motifs is 10. The van der Waals surface area contributed by atoms with Gasteiger partial charge in [0.15, 0.2) is 30.6 Å². The number of carbonyl (C=O) groups is 7. The zero-order chi connectivity index (χ0) is 75.7. The number of ketones is 1. The van der Waals surface area contributed by atoms with Gasteiger partial charge < -0.3 is 89.6 Å². The predicted molar refractivity (Wildman–Crippen MR) is 388 cm³/mol. The van der Waals surface area contributed by atoms with Crippen LogP contribution in [0.4, 0.5) is 0 Å². The average Bonchev–Trinajstić information content (AvgIpc) is 0.783. The van der Waals surface area contributed by atoms with E-state index in [9.17, 15) is 49.5 Å². The van der Waals surface area contributed by atoms with E-state index in [0.29, 0.717) is 49.7 Å². The molecule has 25 nitrogen and oxygen atoms in total. The van der Waals surface area contributed by atoms with Crippen molar-refractivity contribution in [3.63, 3.8) is 0 Å². The number of hydrogen-bond donors (Lipinski definition) is 11. The third kappa shape index (κ3) is 13.6. The summed E-state index contributed by atoms with van der Waals surface area (Å²) in [4.78, 5) is 111. The van der Waals surface area contributed by atoms with E-state index in [-0.39, 0.29) is 68.0 Å². The van der Waals surface area contributed by atoms with Crippen LogP contribution in [0.3, 0.4) is 0 Å². The first-order chi connectivity index (χ1) is 50.4. The van der Waals surface area contributed by atoms with Gasteiger partial charge >= 0.3 is 17.9 Å². The molecule has 0 radical (unpaired) electrons. The number of aliphatic hydroxyl groups is 5. The number of aromatic amines is 3. The lowest BCUT2D eigenvalue weighted by Crippen LogP contribution is -2.69. The summed E-state index contributed by atoms with van der Waals surface area (Å²) in [5.74, 6) is -5.26. The Bertz CT molecular complexity index is 4330. The Morgan fingerprint density at radius 3 is 1.50 bits per heavy atom. The van der Waals surface area contributed by atoms with Gasteiger partial charge in [0.2, 0.25) is 5.91 Å². The summed E-state index contributed by atoms with van der Waals surface area (Å²) in [6, 6.07) is 18.9. The van der Waals surface area contributed by atoms with E-state index in [1.165, 1.54) is 0 Å². The maximum atomic E-state index is 15.8. The highest BCUT2D eigenvalue weighted by Crippen LogP contribution is 2.75. The molecule has 7 aliphatic rings. The number of carbonyl (C=O) groups excluding carboxylic acids is 7. The van der Waals surface area contributed by atoms with Gasteiger partial charge in [-0.3, -0.25) is 19.2 Å². The molecule has 2 aliphatic heterocycles. The largest absolute Gasteiger partial charge is 0.464 e. The molecule has 3 amide bonds. The molecule has 0 bridgehead atoms. The van der Waals surface area contributed by atoms with Crippen molar-refractivity contribution in [1.82, 2.24) is 30.9 Å². The van der Waals surface area contributed by atoms with Gasteiger partial charge in [0.05, 0.1) is 25.9 Å². The van der Waals surface area contributed by atoms with Crippen molar-refractivity contribution < 1.29 is 92.3 Å². The molecular formula is C81H104N6O19. The van der Waals surface area contributed by atoms with Gasteiger partial charge in [0.1, 0.15) is 54.7 Å². The van der Waals surface area contributed by atoms with E-state index in [0.717, 1.165) is 63.1 Å². The first kappa shape index (κ1) is 76.3. The van der Waals surface area contributed by atoms with E-state index in [4.69, 9.17) is 33.2 Å². The Morgan fingerprint density at radius 1 is 0.538 bits per heavy atom. The summed E-state index contributed by atoms with van der Waals surface area (Å²) in [7, 11) is 0. The lowest BCUT2D eigenvalue weighted by Gasteiger charge is -2.70. The van der Waals surface area contributed by atoms with E-state index in [2.05, 4.69) is 58.6 Å². The highest BCUT2D eigenvalue weighted by molar-refractivity contribution is 5.96. The number of aromatic nitrogens is 3. The Hall–Kier alpha value is -7.85. The van der Waals surface area contributed by atoms with Crippen LogP contribution in [0.5, 0.6) is 0 Å². The van der Waals surface area contributed by atoms with Gasteiger partial charge in [-0.25, -0.2) is 14.4 Å². The third-order valence-corrected chi connectivity index (χ3v) is 26.2. The lowest BCUT2D eigenvalue weighted by atomic mass is 9.33. The van der Waals surface area contributed by atoms with Crippen LogP contribution in [0.15, 0.2) is 103 Å². The fraction of sp³-hybridized carbons (Fsp3) is 0.593. The number of H-pyrrole nitrogens is 3. The molecule has 4 saturated carbocycles. The number of para-hydroxylation sites is 3. The number of hydrogen-bond acceptors (Lipinski definition) is 19. The molecule has 3 aromatic carbocycles. The van der Waals surface area contributed by atoms with Gasteiger partial charge in [0, 0.05) is 81.9 Å². The first-order valence-corrected chi connectivity index (χ1v) is 37.8. The molecule has 11 N–H and O–H groups in total. The molecule has 22 atom stereocenters. The molecule has 25 heteroatoms. The van der Waals surface area contributed by atoms with E-state index in [1.807, 2.05) is 106 Å². The molecule has 13 rings (SSSR count). The van der Waals surface area contributed by atoms with Crippen molar-refractivity contribution >= 4 is 74.1 Å². The van der Waals surface area contributed by atoms with Crippen LogP contribution < -0.4 is 16.0 Å². The van der Waals surface area contributed by atoms with Crippen LogP contribution >= 0.6 is 0 Å². The van der Waals surface area contributed by atoms with Crippen molar-refractivity contribution in [2.24, 2.45) is 50.2 Å². The number of rotatable bonds is 22. The van der Waals surface area contributed by atoms with Crippen molar-refractivity contribution in [3.8, 4) is 0 Å². The molecule has 2 saturated heterocycles. The fourth-order valence-corrected chi connectivity index (χ4v) is 20.1. The molecule has 5 heterocycles. The second-order valence-electron chi connectivity index (χ2n) is 32.7. The van der Waals surface area contributed by atoms with E-state index >= 15 is 9.59 Å². The highest BCUT2D eigenvalue weighted by atomic mass is 16.8. The standard InChI is InChI=1S/C81H104N6O19/c1-11-100-70(96)53(34-42-39-82-50-23-17-14-20-45(42)50)85-68(94)64-60(90)59(89)63(93)73(104-64)106-66-62(92)61(91)65(69(95)86-54(71(97)101-12-2)35-43-40-83-51-24-18-15-21-46(43)51)105-74(66)103-58-27-28-79(8)57(76(58,4)5)26-29-81(10)67(79)56(88)37-48-49-38-78(7,31-30-77(49,6)32-33-80(48,81)9)75(99)87-55(72(98)102-13-3)36-44-41-84-52-25-19-16-22-47(44)52/h14-25,37,39-41,49,53-55,57-67,73-74,82-84,89-93H,11-13,26-36,38H2,1-10H3,(H,85,94)(H,86,95)(H,87,99)/t49-,53?,54?,55?,57-,58-,59-,60-,61-,62-,63+,64-,65-,66+,67+,73-,74+,77+,78-,79-,80+,81+/m0/s1. The van der Waals surface area contributed by atoms with Gasteiger partial charge in [0.25, 0.3) is 11.8 Å². The zero-order valence-corrected chi connectivity index (χ0v) is 62.1. The third-order valence-electron chi connectivity index (χ3n) is 26.2. The smallest absolute Gasteiger partial charge is 0.328 e. The summed E-state index contributed by atoms with van der Waals surface area (Å²) < 4.78 is 42.5. The minimum absolute atomic E-state index is 0.0244. The SMILES string of the molecule is CCOC(=O)C(Cc1c[nH]c2ccccc12)NC(=O)[C@H]1O[C@@H](O[C@H]2[C@H](O[C@H]3CC[C@]4(C)[C@H]5C(=O)C=C6[C@@H]7C[C@@](C)(C(=O)NC(Cc8c[nH]c9ccccc89)C(=O)OCC)CC[C@]7(C)CC[C@@]6(C)[C@]5(C)CC[C@H]4C3(C)C)O[C@H](C(=O)NC(Cc3c[nH]c4ccccc34)C(=O)OCC)[C@@H](O)[C@@H]2O)[C@H](O)[C@@H](O)[C@@H]1O. The zero-order valence-electron chi connectivity index (χ0n) is 62.1. The first-order valence-electron chi connectivity index (χ1n) is 37.8. The van der Waals surface area contributed by atoms with Crippen LogP contribution in [-0.4, -0.2) is 187 Å². The number of benzene rings is 3. The average molecular weight is 1470 g/mol. The minimum atomic E-state index is -2.15. The minimum Gasteiger partial charge on any atom is -0.464 e. The second-order valence-corrected chi connectivity index (χ2v) is 32.7. The van der Waals surface area contributed by atoms with Crippen molar-refractivity contribution in [2.45, 2.75) is 232 Å². The van der Waals surface area contributed by atoms with Crippen molar-refractivity contribution in [1.29, 1.82) is 0 Å². The molecule has 6 aromatic rings. The Balaban J connectivity index is 0.772. The van der Waals surface area contributed by atoms with Crippen molar-refractivity contribution in [2.75, 3.05) is 19.8 Å². The summed E-state index contributed by atoms with van der Waals surface area (Å²) in [5.41, 5.74) is 2.13. The molecule has 6 fully saturated rings. The van der Waals surface area contributed by atoms with Gasteiger partial charge in [-0.2, -0.15) is 0 Å². The maximum Gasteiger partial charge on any atom is 0.328 e. The summed E-state index contributed by atoms with van der Waals surface area (Å²) in [5, 5.41) is 70.5. The molecule has 0 spiro atoms. The number of nitrogens with one attached hydrogen (secondary N) is 6.